The molecule has 0 aromatic rings. The Labute approximate surface area is 146 Å². The predicted molar refractivity (Wildman–Crippen MR) is 94.9 cm³/mol. The van der Waals surface area contributed by atoms with Crippen LogP contribution in [0.3, 0.4) is 0 Å². The molecule has 3 aliphatic heterocycles. The maximum Gasteiger partial charge on any atom is 0.225 e. The first-order valence-corrected chi connectivity index (χ1v) is 10.4. The second kappa shape index (κ2) is 7.33. The Balaban J connectivity index is 1.30. The van der Waals surface area contributed by atoms with E-state index in [9.17, 15) is 4.79 Å². The highest BCUT2D eigenvalue weighted by molar-refractivity contribution is 5.79. The number of rotatable bonds is 3. The molecule has 0 aromatic carbocycles. The van der Waals surface area contributed by atoms with E-state index in [0.717, 1.165) is 39.1 Å². The Morgan fingerprint density at radius 2 is 1.75 bits per heavy atom. The first-order chi connectivity index (χ1) is 11.7. The largest absolute Gasteiger partial charge is 0.377 e. The number of hydrogen-bond donors (Lipinski definition) is 0. The summed E-state index contributed by atoms with van der Waals surface area (Å²) in [5.41, 5.74) is 0.416. The summed E-state index contributed by atoms with van der Waals surface area (Å²) in [6, 6.07) is 0. The van der Waals surface area contributed by atoms with Crippen LogP contribution in [-0.2, 0) is 9.53 Å². The fraction of sp³-hybridized carbons (Fsp3) is 0.950. The highest BCUT2D eigenvalue weighted by atomic mass is 16.5. The minimum Gasteiger partial charge on any atom is -0.377 e. The monoisotopic (exact) mass is 334 g/mol. The van der Waals surface area contributed by atoms with Crippen molar-refractivity contribution in [1.82, 2.24) is 9.80 Å². The van der Waals surface area contributed by atoms with Crippen molar-refractivity contribution in [3.63, 3.8) is 0 Å². The van der Waals surface area contributed by atoms with Gasteiger partial charge in [-0.1, -0.05) is 12.8 Å². The molecule has 4 nitrogen and oxygen atoms in total. The third-order valence-corrected chi connectivity index (χ3v) is 7.08. The fourth-order valence-corrected chi connectivity index (χ4v) is 5.52. The van der Waals surface area contributed by atoms with Gasteiger partial charge in [0.15, 0.2) is 0 Å². The number of amides is 1. The number of ether oxygens (including phenoxy) is 1. The lowest BCUT2D eigenvalue weighted by Gasteiger charge is -2.48. The fourth-order valence-electron chi connectivity index (χ4n) is 5.52. The lowest BCUT2D eigenvalue weighted by atomic mass is 9.72. The maximum atomic E-state index is 12.8. The molecule has 3 heterocycles. The quantitative estimate of drug-likeness (QED) is 0.795. The third kappa shape index (κ3) is 3.65. The molecule has 4 rings (SSSR count). The van der Waals surface area contributed by atoms with Gasteiger partial charge in [0.2, 0.25) is 5.91 Å². The van der Waals surface area contributed by atoms with Gasteiger partial charge in [-0.15, -0.1) is 0 Å². The molecule has 0 radical (unpaired) electrons. The number of piperidine rings is 2. The van der Waals surface area contributed by atoms with Crippen molar-refractivity contribution >= 4 is 5.91 Å². The van der Waals surface area contributed by atoms with Crippen LogP contribution in [0.5, 0.6) is 0 Å². The minimum atomic E-state index is 0.347. The van der Waals surface area contributed by atoms with E-state index < -0.39 is 0 Å². The van der Waals surface area contributed by atoms with Crippen LogP contribution in [0.2, 0.25) is 0 Å². The predicted octanol–water partition coefficient (Wildman–Crippen LogP) is 3.06. The molecule has 1 atom stereocenters. The van der Waals surface area contributed by atoms with Gasteiger partial charge in [0.1, 0.15) is 0 Å². The van der Waals surface area contributed by atoms with Crippen molar-refractivity contribution in [3.8, 4) is 0 Å². The summed E-state index contributed by atoms with van der Waals surface area (Å²) in [6.45, 7) is 6.53. The molecule has 1 aliphatic carbocycles. The van der Waals surface area contributed by atoms with E-state index in [4.69, 9.17) is 4.74 Å². The summed E-state index contributed by atoms with van der Waals surface area (Å²) in [5.74, 6) is 0.827. The van der Waals surface area contributed by atoms with E-state index in [1.807, 2.05) is 0 Å². The van der Waals surface area contributed by atoms with E-state index in [1.54, 1.807) is 0 Å². The molecule has 1 spiro atoms. The van der Waals surface area contributed by atoms with E-state index in [-0.39, 0.29) is 0 Å². The Hall–Kier alpha value is -0.610. The first-order valence-electron chi connectivity index (χ1n) is 10.4. The first kappa shape index (κ1) is 16.8. The zero-order chi connectivity index (χ0) is 16.4. The van der Waals surface area contributed by atoms with E-state index >= 15 is 0 Å². The standard InChI is InChI=1S/C20H34N2O2/c23-19(17-5-1-2-6-17)22-11-4-8-20(16-22)9-12-21(13-10-20)15-18-7-3-14-24-18/h17-18H,1-16H2/t18-/m0/s1. The summed E-state index contributed by atoms with van der Waals surface area (Å²) >= 11 is 0. The van der Waals surface area contributed by atoms with Crippen LogP contribution >= 0.6 is 0 Å². The molecule has 0 bridgehead atoms. The third-order valence-electron chi connectivity index (χ3n) is 7.08. The van der Waals surface area contributed by atoms with Gasteiger partial charge in [-0.2, -0.15) is 0 Å². The van der Waals surface area contributed by atoms with E-state index in [2.05, 4.69) is 9.80 Å². The van der Waals surface area contributed by atoms with E-state index in [0.29, 0.717) is 23.3 Å². The van der Waals surface area contributed by atoms with Gasteiger partial charge in [0.25, 0.3) is 0 Å². The molecule has 136 valence electrons. The molecule has 1 saturated carbocycles. The zero-order valence-corrected chi connectivity index (χ0v) is 15.2. The van der Waals surface area contributed by atoms with Crippen molar-refractivity contribution < 1.29 is 9.53 Å². The topological polar surface area (TPSA) is 32.8 Å². The Kier molecular flexibility index (Phi) is 5.14. The van der Waals surface area contributed by atoms with Gasteiger partial charge in [-0.25, -0.2) is 0 Å². The van der Waals surface area contributed by atoms with Gasteiger partial charge in [-0.3, -0.25) is 4.79 Å². The highest BCUT2D eigenvalue weighted by Gasteiger charge is 2.41. The average Bonchev–Trinajstić information content (AvgIpc) is 3.30. The number of carbonyl (C=O) groups is 1. The summed E-state index contributed by atoms with van der Waals surface area (Å²) in [6.07, 6.45) is 12.8. The summed E-state index contributed by atoms with van der Waals surface area (Å²) in [5, 5.41) is 0. The van der Waals surface area contributed by atoms with Gasteiger partial charge >= 0.3 is 0 Å². The van der Waals surface area contributed by atoms with Crippen LogP contribution in [0.1, 0.15) is 64.2 Å². The van der Waals surface area contributed by atoms with Gasteiger partial charge in [0.05, 0.1) is 6.10 Å². The Bertz CT molecular complexity index is 433. The minimum absolute atomic E-state index is 0.347. The van der Waals surface area contributed by atoms with Crippen LogP contribution < -0.4 is 0 Å². The lowest BCUT2D eigenvalue weighted by molar-refractivity contribution is -0.140. The van der Waals surface area contributed by atoms with Crippen LogP contribution in [0, 0.1) is 11.3 Å². The highest BCUT2D eigenvalue weighted by Crippen LogP contribution is 2.41. The van der Waals surface area contributed by atoms with Crippen molar-refractivity contribution in [2.24, 2.45) is 11.3 Å². The molecule has 0 aromatic heterocycles. The Morgan fingerprint density at radius 1 is 0.958 bits per heavy atom. The molecule has 0 N–H and O–H groups in total. The van der Waals surface area contributed by atoms with Gasteiger partial charge in [0, 0.05) is 32.2 Å². The van der Waals surface area contributed by atoms with Crippen LogP contribution in [0.25, 0.3) is 0 Å². The molecule has 4 aliphatic rings. The molecule has 4 heteroatoms. The van der Waals surface area contributed by atoms with Crippen molar-refractivity contribution in [3.05, 3.63) is 0 Å². The smallest absolute Gasteiger partial charge is 0.225 e. The number of likely N-dealkylation sites (tertiary alicyclic amines) is 2. The normalized spacial score (nSPS) is 31.8. The van der Waals surface area contributed by atoms with Crippen molar-refractivity contribution in [1.29, 1.82) is 0 Å². The molecule has 1 amide bonds. The second-order valence-corrected chi connectivity index (χ2v) is 8.78. The molecular formula is C20H34N2O2. The molecule has 3 saturated heterocycles. The molecule has 0 unspecified atom stereocenters. The summed E-state index contributed by atoms with van der Waals surface area (Å²) < 4.78 is 5.80. The van der Waals surface area contributed by atoms with Gasteiger partial charge in [-0.05, 0) is 69.9 Å². The van der Waals surface area contributed by atoms with Crippen molar-refractivity contribution in [2.45, 2.75) is 70.3 Å². The molecule has 4 fully saturated rings. The van der Waals surface area contributed by atoms with Crippen LogP contribution in [-0.4, -0.2) is 61.1 Å². The second-order valence-electron chi connectivity index (χ2n) is 8.78. The average molecular weight is 335 g/mol. The zero-order valence-electron chi connectivity index (χ0n) is 15.2. The van der Waals surface area contributed by atoms with E-state index in [1.165, 1.54) is 64.5 Å². The molecular weight excluding hydrogens is 300 g/mol. The number of hydrogen-bond acceptors (Lipinski definition) is 3. The summed E-state index contributed by atoms with van der Waals surface area (Å²) in [7, 11) is 0. The summed E-state index contributed by atoms with van der Waals surface area (Å²) in [4.78, 5) is 17.7. The van der Waals surface area contributed by atoms with Crippen LogP contribution in [0.4, 0.5) is 0 Å². The maximum absolute atomic E-state index is 12.8. The Morgan fingerprint density at radius 3 is 2.46 bits per heavy atom. The van der Waals surface area contributed by atoms with Gasteiger partial charge < -0.3 is 14.5 Å². The molecule has 24 heavy (non-hydrogen) atoms. The number of carbonyl (C=O) groups excluding carboxylic acids is 1. The lowest BCUT2D eigenvalue weighted by Crippen LogP contribution is -2.52. The van der Waals surface area contributed by atoms with Crippen LogP contribution in [0.15, 0.2) is 0 Å². The van der Waals surface area contributed by atoms with Crippen molar-refractivity contribution in [2.75, 3.05) is 39.3 Å². The number of nitrogens with zero attached hydrogens (tertiary/aromatic N) is 2. The SMILES string of the molecule is O=C(C1CCCC1)N1CCCC2(CCN(C[C@@H]3CCCO3)CC2)C1.